The van der Waals surface area contributed by atoms with Crippen LogP contribution in [0.15, 0.2) is 24.5 Å². The third-order valence-corrected chi connectivity index (χ3v) is 3.12. The van der Waals surface area contributed by atoms with E-state index in [0.717, 1.165) is 19.0 Å². The molecular weight excluding hydrogens is 318 g/mol. The van der Waals surface area contributed by atoms with Crippen molar-refractivity contribution in [3.05, 3.63) is 30.4 Å². The van der Waals surface area contributed by atoms with Gasteiger partial charge in [0.15, 0.2) is 5.75 Å². The van der Waals surface area contributed by atoms with E-state index < -0.39 is 25.2 Å². The van der Waals surface area contributed by atoms with Gasteiger partial charge in [-0.1, -0.05) is 0 Å². The molecule has 2 aromatic heterocycles. The Morgan fingerprint density at radius 3 is 3.00 bits per heavy atom. The summed E-state index contributed by atoms with van der Waals surface area (Å²) >= 11 is 0. The normalized spacial score (nSPS) is 18.5. The van der Waals surface area contributed by atoms with E-state index in [4.69, 9.17) is 16.3 Å². The number of halogens is 2. The minimum Gasteiger partial charge on any atom is -0.490 e. The zero-order chi connectivity index (χ0) is 21.4. The van der Waals surface area contributed by atoms with Gasteiger partial charge in [0.05, 0.1) is 21.2 Å². The van der Waals surface area contributed by atoms with E-state index >= 15 is 0 Å². The molecule has 0 aromatic carbocycles. The zero-order valence-electron chi connectivity index (χ0n) is 17.7. The largest absolute Gasteiger partial charge is 0.490 e. The number of pyridine rings is 1. The van der Waals surface area contributed by atoms with E-state index in [2.05, 4.69) is 20.3 Å². The first-order chi connectivity index (χ1) is 13.3. The van der Waals surface area contributed by atoms with Crippen LogP contribution in [-0.4, -0.2) is 27.6 Å². The molecule has 2 heterocycles. The van der Waals surface area contributed by atoms with Crippen molar-refractivity contribution in [2.45, 2.75) is 38.6 Å². The summed E-state index contributed by atoms with van der Waals surface area (Å²) in [4.78, 5) is 11.3. The summed E-state index contributed by atoms with van der Waals surface area (Å²) in [7, 11) is 0. The molecule has 1 aliphatic rings. The highest BCUT2D eigenvalue weighted by atomic mass is 19.3. The molecule has 0 amide bonds. The van der Waals surface area contributed by atoms with Gasteiger partial charge < -0.3 is 14.8 Å². The van der Waals surface area contributed by atoms with Gasteiger partial charge >= 0.3 is 5.92 Å². The van der Waals surface area contributed by atoms with Crippen molar-refractivity contribution in [2.75, 3.05) is 11.9 Å². The second kappa shape index (κ2) is 6.54. The molecule has 1 N–H and O–H groups in total. The lowest BCUT2D eigenvalue weighted by Gasteiger charge is -2.15. The number of ether oxygens (including phenoxy) is 2. The predicted molar refractivity (Wildman–Crippen MR) is 83.9 cm³/mol. The van der Waals surface area contributed by atoms with Gasteiger partial charge in [-0.2, -0.15) is 13.8 Å². The third-order valence-electron chi connectivity index (χ3n) is 3.12. The van der Waals surface area contributed by atoms with E-state index in [1.807, 2.05) is 0 Å². The fraction of sp³-hybridized carbons (Fsp3) is 0.438. The molecule has 128 valence electrons. The number of rotatable bonds is 7. The second-order valence-electron chi connectivity index (χ2n) is 5.32. The molecule has 6 nitrogen and oxygen atoms in total. The van der Waals surface area contributed by atoms with Crippen molar-refractivity contribution in [1.29, 1.82) is 0 Å². The summed E-state index contributed by atoms with van der Waals surface area (Å²) in [5.41, 5.74) is 0.0783. The van der Waals surface area contributed by atoms with Gasteiger partial charge in [0.25, 0.3) is 0 Å². The lowest BCUT2D eigenvalue weighted by molar-refractivity contribution is 0.00705. The molecule has 2 aromatic rings. The summed E-state index contributed by atoms with van der Waals surface area (Å²) < 4.78 is 75.0. The van der Waals surface area contributed by atoms with Crippen LogP contribution in [0.1, 0.15) is 39.3 Å². The van der Waals surface area contributed by atoms with E-state index in [0.29, 0.717) is 6.92 Å². The maximum atomic E-state index is 13.8. The highest BCUT2D eigenvalue weighted by molar-refractivity contribution is 5.63. The molecule has 0 radical (unpaired) electrons. The number of nitrogens with one attached hydrogen (secondary N) is 1. The van der Waals surface area contributed by atoms with Crippen molar-refractivity contribution in [1.82, 2.24) is 15.0 Å². The number of nitrogens with zero attached hydrogens (tertiary/aromatic N) is 3. The first-order valence-electron chi connectivity index (χ1n) is 9.69. The fourth-order valence-electron chi connectivity index (χ4n) is 1.86. The Labute approximate surface area is 145 Å². The summed E-state index contributed by atoms with van der Waals surface area (Å²) in [5, 5.41) is 2.71. The number of hydrogen-bond acceptors (Lipinski definition) is 6. The van der Waals surface area contributed by atoms with Gasteiger partial charge in [-0.3, -0.25) is 4.98 Å². The lowest BCUT2D eigenvalue weighted by atomic mass is 10.3. The highest BCUT2D eigenvalue weighted by Gasteiger charge is 2.31. The first kappa shape index (κ1) is 11.1. The van der Waals surface area contributed by atoms with Crippen LogP contribution in [0.4, 0.5) is 20.3 Å². The maximum Gasteiger partial charge on any atom is 0.304 e. The third kappa shape index (κ3) is 4.06. The van der Waals surface area contributed by atoms with Crippen molar-refractivity contribution < 1.29 is 25.1 Å². The Morgan fingerprint density at radius 1 is 1.46 bits per heavy atom. The SMILES string of the molecule is [2H]C([2H])([2H])C([2H])([2H])Oc1cnccc1Nc1cc(OC2CC2)nc(C(C)(F)F)n1. The summed E-state index contributed by atoms with van der Waals surface area (Å²) in [6.07, 6.45) is 3.96. The summed E-state index contributed by atoms with van der Waals surface area (Å²) in [6.45, 7) is -5.41. The Morgan fingerprint density at radius 2 is 2.29 bits per heavy atom. The Hall–Kier alpha value is -2.51. The van der Waals surface area contributed by atoms with E-state index in [9.17, 15) is 8.78 Å². The Bertz CT molecular complexity index is 888. The van der Waals surface area contributed by atoms with Crippen LogP contribution in [0.3, 0.4) is 0 Å². The average molecular weight is 341 g/mol. The molecule has 0 atom stereocenters. The molecule has 0 unspecified atom stereocenters. The van der Waals surface area contributed by atoms with Crippen molar-refractivity contribution in [2.24, 2.45) is 0 Å². The van der Waals surface area contributed by atoms with Crippen LogP contribution >= 0.6 is 0 Å². The minimum absolute atomic E-state index is 0.0316. The number of aromatic nitrogens is 3. The van der Waals surface area contributed by atoms with E-state index in [1.54, 1.807) is 0 Å². The second-order valence-corrected chi connectivity index (χ2v) is 5.32. The van der Waals surface area contributed by atoms with Crippen LogP contribution in [0.25, 0.3) is 0 Å². The predicted octanol–water partition coefficient (Wildman–Crippen LogP) is 3.67. The smallest absolute Gasteiger partial charge is 0.304 e. The van der Waals surface area contributed by atoms with Gasteiger partial charge in [-0.15, -0.1) is 0 Å². The van der Waals surface area contributed by atoms with Crippen LogP contribution in [0.2, 0.25) is 0 Å². The monoisotopic (exact) mass is 341 g/mol. The molecule has 0 bridgehead atoms. The molecular formula is C16H18F2N4O2. The molecule has 0 aliphatic heterocycles. The Kier molecular flexibility index (Phi) is 3.03. The van der Waals surface area contributed by atoms with Crippen LogP contribution in [0.5, 0.6) is 11.6 Å². The van der Waals surface area contributed by atoms with Crippen molar-refractivity contribution >= 4 is 11.5 Å². The molecule has 24 heavy (non-hydrogen) atoms. The number of anilines is 2. The molecule has 1 saturated carbocycles. The zero-order valence-corrected chi connectivity index (χ0v) is 12.7. The first-order valence-corrected chi connectivity index (χ1v) is 7.19. The molecule has 1 aliphatic carbocycles. The minimum atomic E-state index is -3.32. The molecule has 0 saturated heterocycles. The van der Waals surface area contributed by atoms with Crippen LogP contribution in [0, 0.1) is 0 Å². The molecule has 3 rings (SSSR count). The summed E-state index contributed by atoms with van der Waals surface area (Å²) in [5.74, 6) is -4.40. The number of hydrogen-bond donors (Lipinski definition) is 1. The molecule has 8 heteroatoms. The standard InChI is InChI=1S/C16H18F2N4O2/c1-3-23-12-9-19-7-6-11(12)20-13-8-14(24-10-4-5-10)22-15(21-13)16(2,17)18/h6-10H,3-5H2,1-2H3,(H,19,20,21,22)/i1D3,3D2. The van der Waals surface area contributed by atoms with Crippen molar-refractivity contribution in [3.63, 3.8) is 0 Å². The Balaban J connectivity index is 1.92. The van der Waals surface area contributed by atoms with E-state index in [1.165, 1.54) is 18.3 Å². The van der Waals surface area contributed by atoms with Crippen LogP contribution < -0.4 is 14.8 Å². The van der Waals surface area contributed by atoms with E-state index in [-0.39, 0.29) is 29.2 Å². The van der Waals surface area contributed by atoms with Gasteiger partial charge in [-0.25, -0.2) is 4.98 Å². The summed E-state index contributed by atoms with van der Waals surface area (Å²) in [6, 6.07) is 2.67. The molecule has 0 spiro atoms. The topological polar surface area (TPSA) is 69.2 Å². The fourth-order valence-corrected chi connectivity index (χ4v) is 1.86. The van der Waals surface area contributed by atoms with Gasteiger partial charge in [0.1, 0.15) is 11.9 Å². The van der Waals surface area contributed by atoms with Gasteiger partial charge in [0.2, 0.25) is 11.7 Å². The van der Waals surface area contributed by atoms with Gasteiger partial charge in [0, 0.05) is 23.3 Å². The van der Waals surface area contributed by atoms with Crippen LogP contribution in [-0.2, 0) is 5.92 Å². The molecule has 1 fully saturated rings. The number of alkyl halides is 2. The average Bonchev–Trinajstić information content (AvgIpc) is 3.38. The van der Waals surface area contributed by atoms with Crippen molar-refractivity contribution in [3.8, 4) is 11.6 Å². The quantitative estimate of drug-likeness (QED) is 0.829. The maximum absolute atomic E-state index is 13.8. The van der Waals surface area contributed by atoms with Gasteiger partial charge in [-0.05, 0) is 25.8 Å². The lowest BCUT2D eigenvalue weighted by Crippen LogP contribution is -2.15. The highest BCUT2D eigenvalue weighted by Crippen LogP contribution is 2.32.